The number of nitrogens with one attached hydrogen (secondary N) is 2. The van der Waals surface area contributed by atoms with Crippen molar-refractivity contribution < 1.29 is 4.42 Å². The Balaban J connectivity index is 0.00000220. The van der Waals surface area contributed by atoms with E-state index in [0.29, 0.717) is 0 Å². The Hall–Kier alpha value is -0.290. The minimum absolute atomic E-state index is 0. The third-order valence-corrected chi connectivity index (χ3v) is 4.71. The molecule has 2 aromatic rings. The molecule has 2 heterocycles. The summed E-state index contributed by atoms with van der Waals surface area (Å²) in [4.78, 5) is 5.61. The maximum absolute atomic E-state index is 5.29. The van der Waals surface area contributed by atoms with E-state index < -0.39 is 0 Å². The number of nitrogens with zero attached hydrogens (tertiary/aromatic N) is 1. The fourth-order valence-electron chi connectivity index (χ4n) is 1.77. The molecule has 0 aliphatic heterocycles. The Bertz CT molecular complexity index is 540. The maximum atomic E-state index is 5.29. The molecule has 0 aromatic carbocycles. The zero-order valence-electron chi connectivity index (χ0n) is 11.8. The first-order chi connectivity index (χ1) is 9.78. The summed E-state index contributed by atoms with van der Waals surface area (Å²) in [5, 5.41) is 6.60. The van der Waals surface area contributed by atoms with Crippen LogP contribution in [0.5, 0.6) is 0 Å². The molecule has 0 fully saturated rings. The van der Waals surface area contributed by atoms with Crippen molar-refractivity contribution in [1.29, 1.82) is 0 Å². The molecular formula is C14H19I2N3OS. The smallest absolute Gasteiger partial charge is 0.191 e. The highest BCUT2D eigenvalue weighted by atomic mass is 127. The van der Waals surface area contributed by atoms with Crippen LogP contribution < -0.4 is 10.6 Å². The van der Waals surface area contributed by atoms with Gasteiger partial charge in [0.05, 0.1) is 9.15 Å². The van der Waals surface area contributed by atoms with E-state index in [2.05, 4.69) is 50.3 Å². The normalized spacial score (nSPS) is 11.0. The molecule has 0 amide bonds. The molecule has 0 saturated heterocycles. The summed E-state index contributed by atoms with van der Waals surface area (Å²) in [6, 6.07) is 8.22. The number of furan rings is 1. The van der Waals surface area contributed by atoms with Crippen molar-refractivity contribution in [3.05, 3.63) is 44.0 Å². The first kappa shape index (κ1) is 18.8. The second-order valence-electron chi connectivity index (χ2n) is 4.21. The zero-order chi connectivity index (χ0) is 14.2. The van der Waals surface area contributed by atoms with Crippen molar-refractivity contribution in [2.45, 2.75) is 12.8 Å². The van der Waals surface area contributed by atoms with Crippen molar-refractivity contribution in [3.8, 4) is 0 Å². The van der Waals surface area contributed by atoms with Crippen molar-refractivity contribution in [2.75, 3.05) is 20.1 Å². The van der Waals surface area contributed by atoms with Crippen LogP contribution >= 0.6 is 57.9 Å². The second-order valence-corrected chi connectivity index (χ2v) is 7.27. The molecule has 0 saturated carbocycles. The van der Waals surface area contributed by atoms with Crippen molar-refractivity contribution in [3.63, 3.8) is 0 Å². The Kier molecular flexibility index (Phi) is 9.32. The van der Waals surface area contributed by atoms with E-state index in [1.807, 2.05) is 23.5 Å². The van der Waals surface area contributed by atoms with Crippen LogP contribution in [0, 0.1) is 2.88 Å². The van der Waals surface area contributed by atoms with Gasteiger partial charge in [-0.15, -0.1) is 35.3 Å². The molecule has 116 valence electrons. The number of hydrogen-bond donors (Lipinski definition) is 2. The fourth-order valence-corrected chi connectivity index (χ4v) is 3.52. The van der Waals surface area contributed by atoms with Crippen LogP contribution in [0.1, 0.15) is 10.6 Å². The first-order valence-corrected chi connectivity index (χ1v) is 8.38. The maximum Gasteiger partial charge on any atom is 0.191 e. The molecule has 0 aliphatic rings. The summed E-state index contributed by atoms with van der Waals surface area (Å²) >= 11 is 4.19. The van der Waals surface area contributed by atoms with Gasteiger partial charge in [0.2, 0.25) is 0 Å². The number of thiophene rings is 1. The van der Waals surface area contributed by atoms with E-state index in [1.165, 1.54) is 7.76 Å². The minimum atomic E-state index is 0. The van der Waals surface area contributed by atoms with Gasteiger partial charge in [-0.2, -0.15) is 0 Å². The minimum Gasteiger partial charge on any atom is -0.469 e. The van der Waals surface area contributed by atoms with Crippen molar-refractivity contribution in [1.82, 2.24) is 10.6 Å². The van der Waals surface area contributed by atoms with Crippen molar-refractivity contribution >= 4 is 63.9 Å². The summed E-state index contributed by atoms with van der Waals surface area (Å²) in [6.45, 7) is 1.70. The van der Waals surface area contributed by atoms with Crippen LogP contribution in [0.15, 0.2) is 39.9 Å². The van der Waals surface area contributed by atoms with Crippen LogP contribution in [0.3, 0.4) is 0 Å². The lowest BCUT2D eigenvalue weighted by molar-refractivity contribution is 0.507. The third kappa shape index (κ3) is 7.00. The molecular weight excluding hydrogens is 512 g/mol. The van der Waals surface area contributed by atoms with E-state index in [4.69, 9.17) is 4.42 Å². The number of halogens is 2. The summed E-state index contributed by atoms with van der Waals surface area (Å²) in [7, 11) is 1.79. The van der Waals surface area contributed by atoms with Gasteiger partial charge in [0.25, 0.3) is 0 Å². The molecule has 0 bridgehead atoms. The highest BCUT2D eigenvalue weighted by Gasteiger charge is 2.01. The summed E-state index contributed by atoms with van der Waals surface area (Å²) < 4.78 is 6.62. The number of aliphatic imine (C=N–C) groups is 1. The highest BCUT2D eigenvalue weighted by molar-refractivity contribution is 14.1. The van der Waals surface area contributed by atoms with Gasteiger partial charge in [-0.25, -0.2) is 0 Å². The van der Waals surface area contributed by atoms with E-state index in [0.717, 1.165) is 37.7 Å². The second kappa shape index (κ2) is 10.4. The monoisotopic (exact) mass is 531 g/mol. The topological polar surface area (TPSA) is 49.6 Å². The van der Waals surface area contributed by atoms with Crippen molar-refractivity contribution in [2.24, 2.45) is 4.99 Å². The van der Waals surface area contributed by atoms with E-state index in [-0.39, 0.29) is 24.0 Å². The average molecular weight is 531 g/mol. The molecule has 21 heavy (non-hydrogen) atoms. The SMILES string of the molecule is CN=C(NCCc1ccco1)NCCc1ccc(I)s1.I. The van der Waals surface area contributed by atoms with Gasteiger partial charge in [-0.05, 0) is 53.3 Å². The first-order valence-electron chi connectivity index (χ1n) is 6.49. The third-order valence-electron chi connectivity index (χ3n) is 2.76. The Morgan fingerprint density at radius 2 is 2.00 bits per heavy atom. The van der Waals surface area contributed by atoms with Gasteiger partial charge in [-0.1, -0.05) is 0 Å². The Morgan fingerprint density at radius 3 is 2.57 bits per heavy atom. The highest BCUT2D eigenvalue weighted by Crippen LogP contribution is 2.18. The molecule has 0 aliphatic carbocycles. The summed E-state index contributed by atoms with van der Waals surface area (Å²) in [6.07, 6.45) is 3.58. The summed E-state index contributed by atoms with van der Waals surface area (Å²) in [5.74, 6) is 1.82. The molecule has 0 unspecified atom stereocenters. The molecule has 0 spiro atoms. The Labute approximate surface area is 160 Å². The van der Waals surface area contributed by atoms with Gasteiger partial charge in [0.1, 0.15) is 5.76 Å². The predicted octanol–water partition coefficient (Wildman–Crippen LogP) is 3.51. The predicted molar refractivity (Wildman–Crippen MR) is 108 cm³/mol. The lowest BCUT2D eigenvalue weighted by atomic mass is 10.3. The number of rotatable bonds is 6. The fraction of sp³-hybridized carbons (Fsp3) is 0.357. The zero-order valence-corrected chi connectivity index (χ0v) is 17.1. The molecule has 2 N–H and O–H groups in total. The summed E-state index contributed by atoms with van der Waals surface area (Å²) in [5.41, 5.74) is 0. The van der Waals surface area contributed by atoms with E-state index in [1.54, 1.807) is 13.3 Å². The van der Waals surface area contributed by atoms with E-state index >= 15 is 0 Å². The van der Waals surface area contributed by atoms with Crippen LogP contribution in [0.4, 0.5) is 0 Å². The standard InChI is InChI=1S/C14H18IN3OS.HI/c1-16-14(17-8-6-11-3-2-10-19-11)18-9-7-12-4-5-13(15)20-12;/h2-5,10H,6-9H2,1H3,(H2,16,17,18);1H. The number of hydrogen-bond acceptors (Lipinski definition) is 3. The van der Waals surface area contributed by atoms with E-state index in [9.17, 15) is 0 Å². The van der Waals surface area contributed by atoms with Gasteiger partial charge < -0.3 is 15.1 Å². The molecule has 2 rings (SSSR count). The number of guanidine groups is 1. The molecule has 0 radical (unpaired) electrons. The van der Waals surface area contributed by atoms with Crippen LogP contribution in [-0.4, -0.2) is 26.1 Å². The Morgan fingerprint density at radius 1 is 1.24 bits per heavy atom. The molecule has 0 atom stereocenters. The van der Waals surface area contributed by atoms with Gasteiger partial charge >= 0.3 is 0 Å². The molecule has 7 heteroatoms. The largest absolute Gasteiger partial charge is 0.469 e. The molecule has 2 aromatic heterocycles. The lowest BCUT2D eigenvalue weighted by Crippen LogP contribution is -2.39. The quantitative estimate of drug-likeness (QED) is 0.341. The van der Waals surface area contributed by atoms with Gasteiger partial charge in [0.15, 0.2) is 5.96 Å². The van der Waals surface area contributed by atoms with Crippen LogP contribution in [0.2, 0.25) is 0 Å². The van der Waals surface area contributed by atoms with Gasteiger partial charge in [-0.3, -0.25) is 4.99 Å². The average Bonchev–Trinajstić information content (AvgIpc) is 3.09. The molecule has 4 nitrogen and oxygen atoms in total. The van der Waals surface area contributed by atoms with Gasteiger partial charge in [0, 0.05) is 31.4 Å². The van der Waals surface area contributed by atoms with Crippen LogP contribution in [0.25, 0.3) is 0 Å². The van der Waals surface area contributed by atoms with Crippen LogP contribution in [-0.2, 0) is 12.8 Å². The lowest BCUT2D eigenvalue weighted by Gasteiger charge is -2.10.